The standard InChI is InChI=1S/C46H57N3O13S.HI/c1-23-14-13-15-24(2)45(58)48-35-39(55)33-32(40(56)43(35)63-21-17-47-31(51)22-49-18-11-10-12-19-49)34-42(28(6)38(33)54)62-46(8,44(34)57)60-20-16-30(59-9)25(3)41(61-29(7)50)27(5)37(53)26(4)36(23)52;/h10-16,18-20,23,25-27,30,36-37,41,52-53H,17,21-22H2,1-9H3,(H4-,47,48,51,54,55,56,57,58);1H/b14-13+,20-16+,24-15-;/t23-,25+,26+,27+,30-,36-,37+,41+,46-;/m0./s1. The second kappa shape index (κ2) is 21.9. The van der Waals surface area contributed by atoms with E-state index in [0.29, 0.717) is 0 Å². The molecule has 0 saturated heterocycles. The van der Waals surface area contributed by atoms with Crippen molar-refractivity contribution in [3.8, 4) is 23.0 Å². The Morgan fingerprint density at radius 1 is 0.938 bits per heavy atom. The maximum absolute atomic E-state index is 14.5. The highest BCUT2D eigenvalue weighted by Crippen LogP contribution is 2.57. The molecule has 4 heterocycles. The smallest absolute Gasteiger partial charge is 0.312 e. The van der Waals surface area contributed by atoms with Crippen LogP contribution in [0.4, 0.5) is 5.69 Å². The number of carbonyl (C=O) groups excluding carboxylic acids is 4. The number of Topliss-reactive ketones (excluding diaryl/α,β-unsaturated/α-hetero) is 1. The number of fused-ring (bicyclic) bond motifs is 14. The summed E-state index contributed by atoms with van der Waals surface area (Å²) in [5.41, 5.74) is -0.282. The number of benzene rings is 2. The minimum absolute atomic E-state index is 0. The van der Waals surface area contributed by atoms with Crippen molar-refractivity contribution in [3.63, 3.8) is 0 Å². The van der Waals surface area contributed by atoms with Crippen molar-refractivity contribution in [2.24, 2.45) is 23.7 Å². The zero-order valence-electron chi connectivity index (χ0n) is 37.2. The number of ether oxygens (including phenoxy) is 4. The van der Waals surface area contributed by atoms with Crippen LogP contribution in [0.25, 0.3) is 10.8 Å². The first-order valence-electron chi connectivity index (χ1n) is 20.6. The molecule has 1 aromatic heterocycles. The van der Waals surface area contributed by atoms with Crippen molar-refractivity contribution < 1.29 is 92.2 Å². The summed E-state index contributed by atoms with van der Waals surface area (Å²) in [6.07, 6.45) is 6.91. The first-order valence-corrected chi connectivity index (χ1v) is 21.6. The number of hydrogen-bond acceptors (Lipinski definition) is 14. The second-order valence-corrected chi connectivity index (χ2v) is 17.4. The zero-order valence-corrected chi connectivity index (χ0v) is 40.2. The van der Waals surface area contributed by atoms with Crippen LogP contribution in [0.5, 0.6) is 23.0 Å². The van der Waals surface area contributed by atoms with Gasteiger partial charge in [0.1, 0.15) is 29.0 Å². The molecule has 9 atom stereocenters. The van der Waals surface area contributed by atoms with E-state index in [-0.39, 0.29) is 92.5 Å². The van der Waals surface area contributed by atoms with Gasteiger partial charge in [-0.2, -0.15) is 4.57 Å². The molecule has 0 unspecified atom stereocenters. The van der Waals surface area contributed by atoms with Crippen LogP contribution in [-0.2, 0) is 35.1 Å². The fourth-order valence-corrected chi connectivity index (χ4v) is 8.88. The van der Waals surface area contributed by atoms with Gasteiger partial charge < -0.3 is 79.1 Å². The monoisotopic (exact) mass is 1020 g/mol. The third-order valence-corrected chi connectivity index (χ3v) is 12.8. The molecule has 6 rings (SSSR count). The maximum atomic E-state index is 14.5. The Hall–Kier alpha value is -4.89. The van der Waals surface area contributed by atoms with E-state index < -0.39 is 88.8 Å². The number of pyridine rings is 1. The van der Waals surface area contributed by atoms with Crippen LogP contribution in [0.3, 0.4) is 0 Å². The number of phenols is 3. The Labute approximate surface area is 393 Å². The molecule has 3 aromatic rings. The summed E-state index contributed by atoms with van der Waals surface area (Å²) in [6.45, 7) is 12.6. The summed E-state index contributed by atoms with van der Waals surface area (Å²) in [6, 6.07) is 5.41. The Kier molecular flexibility index (Phi) is 17.7. The number of amides is 2. The van der Waals surface area contributed by atoms with Gasteiger partial charge in [-0.05, 0) is 19.9 Å². The zero-order chi connectivity index (χ0) is 46.5. The van der Waals surface area contributed by atoms with Gasteiger partial charge in [-0.3, -0.25) is 19.2 Å². The molecule has 2 aromatic carbocycles. The number of rotatable bonds is 8. The number of anilines is 1. The number of carbonyl (C=O) groups is 4. The summed E-state index contributed by atoms with van der Waals surface area (Å²) in [4.78, 5) is 53.2. The van der Waals surface area contributed by atoms with Crippen LogP contribution >= 0.6 is 11.8 Å². The summed E-state index contributed by atoms with van der Waals surface area (Å²) in [5, 5.41) is 63.4. The lowest BCUT2D eigenvalue weighted by molar-refractivity contribution is -0.684. The first kappa shape index (κ1) is 51.7. The molecular weight excluding hydrogens is 961 g/mol. The lowest BCUT2D eigenvalue weighted by atomic mass is 9.78. The van der Waals surface area contributed by atoms with E-state index in [1.54, 1.807) is 68.9 Å². The van der Waals surface area contributed by atoms with E-state index in [2.05, 4.69) is 10.6 Å². The van der Waals surface area contributed by atoms with E-state index in [9.17, 15) is 44.7 Å². The minimum Gasteiger partial charge on any atom is -1.00 e. The van der Waals surface area contributed by atoms with E-state index in [4.69, 9.17) is 18.9 Å². The predicted octanol–water partition coefficient (Wildman–Crippen LogP) is 1.95. The number of phenolic OH excluding ortho intramolecular Hbond substituents is 3. The van der Waals surface area contributed by atoms with Crippen LogP contribution in [0.1, 0.15) is 64.4 Å². The number of hydrogen-bond donors (Lipinski definition) is 7. The first-order chi connectivity index (χ1) is 29.7. The van der Waals surface area contributed by atoms with Crippen molar-refractivity contribution in [1.82, 2.24) is 5.32 Å². The molecule has 0 saturated carbocycles. The number of aliphatic hydroxyl groups excluding tert-OH is 2. The van der Waals surface area contributed by atoms with Crippen LogP contribution < -0.4 is 43.9 Å². The van der Waals surface area contributed by atoms with Crippen molar-refractivity contribution in [2.75, 3.05) is 24.7 Å². The Morgan fingerprint density at radius 2 is 1.61 bits per heavy atom. The van der Waals surface area contributed by atoms with Gasteiger partial charge in [0, 0.05) is 85.6 Å². The summed E-state index contributed by atoms with van der Waals surface area (Å²) < 4.78 is 25.3. The van der Waals surface area contributed by atoms with Gasteiger partial charge in [0.15, 0.2) is 18.1 Å². The van der Waals surface area contributed by atoms with Gasteiger partial charge in [-0.25, -0.2) is 0 Å². The molecule has 0 spiro atoms. The maximum Gasteiger partial charge on any atom is 0.312 e. The van der Waals surface area contributed by atoms with Crippen LogP contribution in [0.2, 0.25) is 0 Å². The normalized spacial score (nSPS) is 28.2. The summed E-state index contributed by atoms with van der Waals surface area (Å²) in [7, 11) is 1.43. The lowest BCUT2D eigenvalue weighted by Crippen LogP contribution is -3.00. The highest BCUT2D eigenvalue weighted by Gasteiger charge is 2.50. The molecule has 0 aliphatic carbocycles. The van der Waals surface area contributed by atoms with Gasteiger partial charge in [-0.15, -0.1) is 11.8 Å². The number of nitrogens with one attached hydrogen (secondary N) is 2. The number of halogens is 1. The predicted molar refractivity (Wildman–Crippen MR) is 234 cm³/mol. The summed E-state index contributed by atoms with van der Waals surface area (Å²) >= 11 is 0.973. The Bertz CT molecular complexity index is 2320. The van der Waals surface area contributed by atoms with Crippen molar-refractivity contribution in [1.29, 1.82) is 0 Å². The number of thioether (sulfide) groups is 1. The number of ketones is 1. The molecule has 64 heavy (non-hydrogen) atoms. The number of nitrogens with zero attached hydrogens (tertiary/aromatic N) is 1. The molecule has 16 nitrogen and oxygen atoms in total. The minimum atomic E-state index is -2.07. The number of aromatic hydroxyl groups is 3. The average molecular weight is 1020 g/mol. The molecule has 3 aliphatic rings. The van der Waals surface area contributed by atoms with E-state index in [1.165, 1.54) is 53.2 Å². The Balaban J connectivity index is 0.00000898. The molecule has 18 heteroatoms. The molecule has 5 bridgehead atoms. The molecule has 7 N–H and O–H groups in total. The van der Waals surface area contributed by atoms with Crippen molar-refractivity contribution in [3.05, 3.63) is 77.9 Å². The van der Waals surface area contributed by atoms with Gasteiger partial charge >= 0.3 is 11.8 Å². The van der Waals surface area contributed by atoms with Gasteiger partial charge in [0.2, 0.25) is 6.54 Å². The number of aliphatic hydroxyl groups is 2. The molecule has 0 fully saturated rings. The fourth-order valence-electron chi connectivity index (χ4n) is 7.94. The van der Waals surface area contributed by atoms with Crippen LogP contribution in [-0.4, -0.2) is 98.7 Å². The van der Waals surface area contributed by atoms with E-state index >= 15 is 0 Å². The lowest BCUT2D eigenvalue weighted by Gasteiger charge is -2.38. The van der Waals surface area contributed by atoms with Gasteiger partial charge in [0.25, 0.3) is 17.6 Å². The highest BCUT2D eigenvalue weighted by molar-refractivity contribution is 7.99. The van der Waals surface area contributed by atoms with Crippen molar-refractivity contribution in [2.45, 2.75) is 97.0 Å². The van der Waals surface area contributed by atoms with Crippen LogP contribution in [0, 0.1) is 30.6 Å². The molecule has 3 aliphatic heterocycles. The average Bonchev–Trinajstić information content (AvgIpc) is 3.51. The van der Waals surface area contributed by atoms with E-state index in [0.717, 1.165) is 11.8 Å². The highest BCUT2D eigenvalue weighted by atomic mass is 127. The topological polar surface area (TPSA) is 234 Å². The molecular formula is C46H58IN3O13S. The summed E-state index contributed by atoms with van der Waals surface area (Å²) in [5.74, 6) is -8.72. The molecule has 0 radical (unpaired) electrons. The second-order valence-electron chi connectivity index (χ2n) is 16.3. The van der Waals surface area contributed by atoms with Gasteiger partial charge in [0.05, 0.1) is 40.4 Å². The quantitative estimate of drug-likeness (QED) is 0.0326. The van der Waals surface area contributed by atoms with E-state index in [1.807, 2.05) is 6.07 Å². The third-order valence-electron chi connectivity index (χ3n) is 11.7. The molecule has 348 valence electrons. The number of esters is 1. The fraction of sp³-hybridized carbons (Fsp3) is 0.457. The van der Waals surface area contributed by atoms with Crippen molar-refractivity contribution >= 4 is 51.8 Å². The molecule has 2 amide bonds. The number of methoxy groups -OCH3 is 1. The SMILES string of the molecule is CO[C@H]1/C=C/O[C@@]2(C)Oc3c(C)c(O)c4c(O)c(c(SCCNC(=O)C[n+]5ccccc5)c(O)c4c3C2=O)NC(=O)/C(C)=C\C=C\[C@H](C)[C@H](O)[C@@H](C)[C@@H](O)[C@@H](C)[C@H](OC(C)=O)[C@@H]1C.[I-]. The number of allylic oxidation sites excluding steroid dienone is 2. The largest absolute Gasteiger partial charge is 1.00 e. The number of aromatic nitrogens is 1. The third kappa shape index (κ3) is 11.0. The Morgan fingerprint density at radius 3 is 2.25 bits per heavy atom. The van der Waals surface area contributed by atoms with Gasteiger partial charge in [-0.1, -0.05) is 52.0 Å². The van der Waals surface area contributed by atoms with Crippen LogP contribution in [0.15, 0.2) is 71.6 Å².